The molecule has 4 N–H and O–H groups in total. The summed E-state index contributed by atoms with van der Waals surface area (Å²) in [4.78, 5) is 41.9. The van der Waals surface area contributed by atoms with Crippen molar-refractivity contribution in [2.24, 2.45) is 5.92 Å². The second-order valence-electron chi connectivity index (χ2n) is 10.2. The van der Waals surface area contributed by atoms with Gasteiger partial charge in [-0.25, -0.2) is 4.79 Å². The van der Waals surface area contributed by atoms with E-state index in [1.165, 1.54) is 6.08 Å². The molecule has 0 bridgehead atoms. The number of carbonyl (C=O) groups is 3. The number of amides is 4. The molecule has 0 fully saturated rings. The summed E-state index contributed by atoms with van der Waals surface area (Å²) in [6, 6.07) is 15.8. The van der Waals surface area contributed by atoms with Crippen molar-refractivity contribution in [1.29, 1.82) is 0 Å². The zero-order valence-corrected chi connectivity index (χ0v) is 22.7. The molecule has 1 aromatic heterocycles. The van der Waals surface area contributed by atoms with Gasteiger partial charge in [0.05, 0.1) is 24.3 Å². The molecule has 204 valence electrons. The van der Waals surface area contributed by atoms with Crippen LogP contribution in [0.3, 0.4) is 0 Å². The van der Waals surface area contributed by atoms with Gasteiger partial charge in [0.15, 0.2) is 5.82 Å². The molecule has 2 aromatic carbocycles. The number of rotatable bonds is 9. The number of hydrogen-bond acceptors (Lipinski definition) is 5. The highest BCUT2D eigenvalue weighted by Crippen LogP contribution is 2.40. The molecule has 10 heteroatoms. The average Bonchev–Trinajstić information content (AvgIpc) is 3.48. The van der Waals surface area contributed by atoms with E-state index >= 15 is 0 Å². The monoisotopic (exact) mass is 529 g/mol. The average molecular weight is 530 g/mol. The van der Waals surface area contributed by atoms with Crippen LogP contribution < -0.4 is 16.0 Å². The third kappa shape index (κ3) is 6.35. The van der Waals surface area contributed by atoms with Crippen LogP contribution >= 0.6 is 0 Å². The SMILES string of the molecule is C=CC(=O)Nc1ccc(C(=O)Nc2n[nH]c3c2CN(C(=O)NC(CN(C)C)c2ccccc2)C3C(C)C)cc1. The fourth-order valence-electron chi connectivity index (χ4n) is 4.80. The Kier molecular flexibility index (Phi) is 8.46. The second kappa shape index (κ2) is 12.0. The van der Waals surface area contributed by atoms with Crippen molar-refractivity contribution in [3.8, 4) is 0 Å². The summed E-state index contributed by atoms with van der Waals surface area (Å²) in [5.41, 5.74) is 3.60. The number of benzene rings is 2. The number of aromatic amines is 1. The Balaban J connectivity index is 1.50. The predicted octanol–water partition coefficient (Wildman–Crippen LogP) is 4.31. The quantitative estimate of drug-likeness (QED) is 0.308. The topological polar surface area (TPSA) is 122 Å². The Bertz CT molecular complexity index is 1330. The summed E-state index contributed by atoms with van der Waals surface area (Å²) >= 11 is 0. The van der Waals surface area contributed by atoms with Crippen LogP contribution in [0.5, 0.6) is 0 Å². The van der Waals surface area contributed by atoms with Gasteiger partial charge in [0, 0.05) is 23.4 Å². The third-order valence-corrected chi connectivity index (χ3v) is 6.63. The molecule has 1 aliphatic heterocycles. The number of carbonyl (C=O) groups excluding carboxylic acids is 3. The van der Waals surface area contributed by atoms with E-state index in [0.717, 1.165) is 16.8 Å². The van der Waals surface area contributed by atoms with E-state index in [1.807, 2.05) is 49.3 Å². The van der Waals surface area contributed by atoms with Crippen LogP contribution in [0.15, 0.2) is 67.3 Å². The first-order valence-electron chi connectivity index (χ1n) is 12.9. The van der Waals surface area contributed by atoms with Gasteiger partial charge in [0.1, 0.15) is 0 Å². The number of urea groups is 1. The molecule has 2 atom stereocenters. The number of H-pyrrole nitrogens is 1. The van der Waals surface area contributed by atoms with Gasteiger partial charge in [-0.1, -0.05) is 50.8 Å². The highest BCUT2D eigenvalue weighted by molar-refractivity contribution is 6.05. The molecule has 4 amide bonds. The molecule has 39 heavy (non-hydrogen) atoms. The lowest BCUT2D eigenvalue weighted by Crippen LogP contribution is -2.44. The van der Waals surface area contributed by atoms with Crippen molar-refractivity contribution >= 4 is 29.4 Å². The van der Waals surface area contributed by atoms with Crippen LogP contribution in [0.1, 0.15) is 53.1 Å². The Morgan fingerprint density at radius 3 is 2.41 bits per heavy atom. The van der Waals surface area contributed by atoms with Gasteiger partial charge in [-0.2, -0.15) is 5.10 Å². The maximum atomic E-state index is 13.6. The van der Waals surface area contributed by atoms with Crippen molar-refractivity contribution in [2.45, 2.75) is 32.5 Å². The van der Waals surface area contributed by atoms with Gasteiger partial charge in [-0.3, -0.25) is 14.7 Å². The minimum atomic E-state index is -0.343. The highest BCUT2D eigenvalue weighted by Gasteiger charge is 2.40. The minimum absolute atomic E-state index is 0.114. The summed E-state index contributed by atoms with van der Waals surface area (Å²) in [6.45, 7) is 8.50. The first kappa shape index (κ1) is 27.6. The fourth-order valence-corrected chi connectivity index (χ4v) is 4.80. The van der Waals surface area contributed by atoms with Crippen LogP contribution in [0.25, 0.3) is 0 Å². The van der Waals surface area contributed by atoms with E-state index in [1.54, 1.807) is 29.2 Å². The Labute approximate surface area is 228 Å². The molecule has 0 saturated heterocycles. The molecular weight excluding hydrogens is 494 g/mol. The molecule has 4 rings (SSSR count). The van der Waals surface area contributed by atoms with Crippen LogP contribution in [0.4, 0.5) is 16.3 Å². The van der Waals surface area contributed by atoms with Crippen LogP contribution in [-0.2, 0) is 11.3 Å². The maximum Gasteiger partial charge on any atom is 0.318 e. The Morgan fingerprint density at radius 2 is 1.79 bits per heavy atom. The maximum absolute atomic E-state index is 13.6. The van der Waals surface area contributed by atoms with Gasteiger partial charge in [0.2, 0.25) is 5.91 Å². The second-order valence-corrected chi connectivity index (χ2v) is 10.2. The molecule has 10 nitrogen and oxygen atoms in total. The fraction of sp³-hybridized carbons (Fsp3) is 0.310. The molecule has 0 radical (unpaired) electrons. The largest absolute Gasteiger partial charge is 0.330 e. The zero-order valence-electron chi connectivity index (χ0n) is 22.7. The summed E-state index contributed by atoms with van der Waals surface area (Å²) in [5.74, 6) is -0.161. The molecule has 0 spiro atoms. The highest BCUT2D eigenvalue weighted by atomic mass is 16.2. The molecule has 2 unspecified atom stereocenters. The van der Waals surface area contributed by atoms with Gasteiger partial charge >= 0.3 is 6.03 Å². The van der Waals surface area contributed by atoms with Crippen LogP contribution in [-0.4, -0.2) is 58.5 Å². The van der Waals surface area contributed by atoms with Gasteiger partial charge in [0.25, 0.3) is 5.91 Å². The van der Waals surface area contributed by atoms with Crippen molar-refractivity contribution in [3.05, 3.63) is 89.6 Å². The Morgan fingerprint density at radius 1 is 1.10 bits per heavy atom. The molecule has 1 aliphatic rings. The molecule has 3 aromatic rings. The third-order valence-electron chi connectivity index (χ3n) is 6.63. The number of aromatic nitrogens is 2. The van der Waals surface area contributed by atoms with Gasteiger partial charge < -0.3 is 25.8 Å². The van der Waals surface area contributed by atoms with E-state index in [0.29, 0.717) is 30.2 Å². The van der Waals surface area contributed by atoms with Crippen molar-refractivity contribution < 1.29 is 14.4 Å². The molecule has 0 saturated carbocycles. The standard InChI is InChI=1S/C29H35N7O3/c1-6-24(37)30-21-14-12-20(13-15-21)28(38)32-27-22-16-36(26(18(2)3)25(22)33-34-27)29(39)31-23(17-35(4)5)19-10-8-7-9-11-19/h6-15,18,23,26H,1,16-17H2,2-5H3,(H,30,37)(H,31,39)(H2,32,33,34,38). The number of likely N-dealkylation sites (N-methyl/N-ethyl adjacent to an activating group) is 1. The lowest BCUT2D eigenvalue weighted by Gasteiger charge is -2.31. The number of nitrogens with zero attached hydrogens (tertiary/aromatic N) is 3. The first-order valence-corrected chi connectivity index (χ1v) is 12.9. The van der Waals surface area contributed by atoms with Crippen molar-refractivity contribution in [2.75, 3.05) is 31.3 Å². The van der Waals surface area contributed by atoms with Crippen molar-refractivity contribution in [1.82, 2.24) is 25.3 Å². The predicted molar refractivity (Wildman–Crippen MR) is 151 cm³/mol. The van der Waals surface area contributed by atoms with E-state index in [2.05, 4.69) is 46.6 Å². The molecule has 0 aliphatic carbocycles. The first-order chi connectivity index (χ1) is 18.7. The summed E-state index contributed by atoms with van der Waals surface area (Å²) < 4.78 is 0. The lowest BCUT2D eigenvalue weighted by molar-refractivity contribution is -0.111. The zero-order chi connectivity index (χ0) is 28.1. The summed E-state index contributed by atoms with van der Waals surface area (Å²) in [6.07, 6.45) is 1.18. The van der Waals surface area contributed by atoms with Crippen LogP contribution in [0, 0.1) is 5.92 Å². The molecular formula is C29H35N7O3. The number of nitrogens with one attached hydrogen (secondary N) is 4. The van der Waals surface area contributed by atoms with E-state index in [9.17, 15) is 14.4 Å². The van der Waals surface area contributed by atoms with E-state index in [-0.39, 0.29) is 35.8 Å². The van der Waals surface area contributed by atoms with E-state index < -0.39 is 0 Å². The molecule has 2 heterocycles. The summed E-state index contributed by atoms with van der Waals surface area (Å²) in [5, 5.41) is 16.2. The Hall–Kier alpha value is -4.44. The number of anilines is 2. The van der Waals surface area contributed by atoms with Gasteiger partial charge in [-0.15, -0.1) is 0 Å². The van der Waals surface area contributed by atoms with Crippen LogP contribution in [0.2, 0.25) is 0 Å². The summed E-state index contributed by atoms with van der Waals surface area (Å²) in [7, 11) is 3.95. The smallest absolute Gasteiger partial charge is 0.318 e. The van der Waals surface area contributed by atoms with Crippen molar-refractivity contribution in [3.63, 3.8) is 0 Å². The normalized spacial score (nSPS) is 15.1. The number of fused-ring (bicyclic) bond motifs is 1. The van der Waals surface area contributed by atoms with E-state index in [4.69, 9.17) is 0 Å². The van der Waals surface area contributed by atoms with Gasteiger partial charge in [-0.05, 0) is 55.9 Å². The number of hydrogen-bond donors (Lipinski definition) is 4. The minimum Gasteiger partial charge on any atom is -0.330 e. The lowest BCUT2D eigenvalue weighted by atomic mass is 10.0.